The first kappa shape index (κ1) is 15.9. The topological polar surface area (TPSA) is 66.6 Å². The van der Waals surface area contributed by atoms with E-state index in [1.54, 1.807) is 4.31 Å². The van der Waals surface area contributed by atoms with Gasteiger partial charge in [-0.2, -0.15) is 4.31 Å². The van der Waals surface area contributed by atoms with Crippen molar-refractivity contribution in [2.45, 2.75) is 26.7 Å². The van der Waals surface area contributed by atoms with Gasteiger partial charge in [0.15, 0.2) is 0 Å². The van der Waals surface area contributed by atoms with Gasteiger partial charge in [-0.3, -0.25) is 0 Å². The van der Waals surface area contributed by atoms with Crippen molar-refractivity contribution in [3.8, 4) is 0 Å². The molecule has 2 N–H and O–H groups in total. The largest absolute Gasteiger partial charge is 0.330 e. The zero-order valence-corrected chi connectivity index (χ0v) is 12.5. The van der Waals surface area contributed by atoms with E-state index in [-0.39, 0.29) is 11.7 Å². The second-order valence-electron chi connectivity index (χ2n) is 5.41. The molecule has 18 heavy (non-hydrogen) atoms. The van der Waals surface area contributed by atoms with Crippen molar-refractivity contribution in [3.05, 3.63) is 0 Å². The number of hydrogen-bond donors (Lipinski definition) is 1. The first-order valence-electron chi connectivity index (χ1n) is 6.86. The summed E-state index contributed by atoms with van der Waals surface area (Å²) < 4.78 is 25.8. The fourth-order valence-corrected chi connectivity index (χ4v) is 4.01. The first-order valence-corrected chi connectivity index (χ1v) is 8.47. The zero-order chi connectivity index (χ0) is 13.6. The SMILES string of the molecule is CC(C)CS(=O)(=O)N1CCN(CCCCN)CC1. The Morgan fingerprint density at radius 1 is 1.11 bits per heavy atom. The smallest absolute Gasteiger partial charge is 0.214 e. The van der Waals surface area contributed by atoms with E-state index in [1.165, 1.54) is 0 Å². The number of nitrogens with two attached hydrogens (primary N) is 1. The molecule has 0 aromatic heterocycles. The zero-order valence-electron chi connectivity index (χ0n) is 11.6. The van der Waals surface area contributed by atoms with Crippen molar-refractivity contribution in [2.75, 3.05) is 45.0 Å². The maximum Gasteiger partial charge on any atom is 0.214 e. The van der Waals surface area contributed by atoms with Crippen LogP contribution in [-0.4, -0.2) is 62.6 Å². The maximum absolute atomic E-state index is 12.1. The van der Waals surface area contributed by atoms with E-state index in [9.17, 15) is 8.42 Å². The number of piperazine rings is 1. The molecule has 0 amide bonds. The molecule has 1 aliphatic rings. The summed E-state index contributed by atoms with van der Waals surface area (Å²) in [6.07, 6.45) is 2.15. The lowest BCUT2D eigenvalue weighted by atomic mass is 10.2. The van der Waals surface area contributed by atoms with Crippen molar-refractivity contribution < 1.29 is 8.42 Å². The van der Waals surface area contributed by atoms with Crippen LogP contribution >= 0.6 is 0 Å². The standard InChI is InChI=1S/C12H27N3O2S/c1-12(2)11-18(16,17)15-9-7-14(8-10-15)6-4-3-5-13/h12H,3-11,13H2,1-2H3. The van der Waals surface area contributed by atoms with Crippen LogP contribution in [0.1, 0.15) is 26.7 Å². The van der Waals surface area contributed by atoms with Crippen molar-refractivity contribution in [1.82, 2.24) is 9.21 Å². The Morgan fingerprint density at radius 2 is 1.72 bits per heavy atom. The molecule has 1 aliphatic heterocycles. The average Bonchev–Trinajstić information content (AvgIpc) is 2.28. The summed E-state index contributed by atoms with van der Waals surface area (Å²) in [6, 6.07) is 0. The molecule has 0 spiro atoms. The molecule has 0 bridgehead atoms. The third-order valence-corrected chi connectivity index (χ3v) is 5.44. The highest BCUT2D eigenvalue weighted by molar-refractivity contribution is 7.89. The fraction of sp³-hybridized carbons (Fsp3) is 1.00. The third-order valence-electron chi connectivity index (χ3n) is 3.20. The van der Waals surface area contributed by atoms with E-state index < -0.39 is 10.0 Å². The molecule has 0 radical (unpaired) electrons. The van der Waals surface area contributed by atoms with E-state index in [2.05, 4.69) is 4.90 Å². The summed E-state index contributed by atoms with van der Waals surface area (Å²) >= 11 is 0. The van der Waals surface area contributed by atoms with Crippen molar-refractivity contribution in [2.24, 2.45) is 11.7 Å². The van der Waals surface area contributed by atoms with Crippen LogP contribution < -0.4 is 5.73 Å². The average molecular weight is 277 g/mol. The Labute approximate surface area is 111 Å². The molecule has 1 fully saturated rings. The van der Waals surface area contributed by atoms with Gasteiger partial charge < -0.3 is 10.6 Å². The van der Waals surface area contributed by atoms with E-state index in [0.29, 0.717) is 13.1 Å². The van der Waals surface area contributed by atoms with Crippen LogP contribution in [0.5, 0.6) is 0 Å². The van der Waals surface area contributed by atoms with Gasteiger partial charge in [-0.1, -0.05) is 13.8 Å². The minimum atomic E-state index is -3.04. The number of hydrogen-bond acceptors (Lipinski definition) is 4. The maximum atomic E-state index is 12.1. The summed E-state index contributed by atoms with van der Waals surface area (Å²) in [5, 5.41) is 0. The van der Waals surface area contributed by atoms with Crippen molar-refractivity contribution >= 4 is 10.0 Å². The van der Waals surface area contributed by atoms with Crippen LogP contribution in [0.25, 0.3) is 0 Å². The van der Waals surface area contributed by atoms with Crippen LogP contribution in [0.15, 0.2) is 0 Å². The van der Waals surface area contributed by atoms with Gasteiger partial charge in [-0.15, -0.1) is 0 Å². The van der Waals surface area contributed by atoms with Gasteiger partial charge in [0.1, 0.15) is 0 Å². The molecular weight excluding hydrogens is 250 g/mol. The molecule has 1 heterocycles. The summed E-state index contributed by atoms with van der Waals surface area (Å²) in [5.41, 5.74) is 5.46. The van der Waals surface area contributed by atoms with Crippen LogP contribution in [0.4, 0.5) is 0 Å². The van der Waals surface area contributed by atoms with Gasteiger partial charge in [-0.25, -0.2) is 8.42 Å². The normalized spacial score (nSPS) is 19.6. The molecular formula is C12H27N3O2S. The summed E-state index contributed by atoms with van der Waals surface area (Å²) in [4.78, 5) is 2.33. The van der Waals surface area contributed by atoms with Gasteiger partial charge in [-0.05, 0) is 31.8 Å². The van der Waals surface area contributed by atoms with Crippen molar-refractivity contribution in [3.63, 3.8) is 0 Å². The third kappa shape index (κ3) is 5.22. The Hall–Kier alpha value is -0.170. The van der Waals surface area contributed by atoms with Crippen molar-refractivity contribution in [1.29, 1.82) is 0 Å². The fourth-order valence-electron chi connectivity index (χ4n) is 2.24. The highest BCUT2D eigenvalue weighted by Gasteiger charge is 2.26. The van der Waals surface area contributed by atoms with E-state index in [4.69, 9.17) is 5.73 Å². The van der Waals surface area contributed by atoms with Gasteiger partial charge in [0.2, 0.25) is 10.0 Å². The molecule has 6 heteroatoms. The quantitative estimate of drug-likeness (QED) is 0.681. The second-order valence-corrected chi connectivity index (χ2v) is 7.42. The molecule has 0 aromatic rings. The Balaban J connectivity index is 2.34. The van der Waals surface area contributed by atoms with E-state index in [0.717, 1.165) is 39.0 Å². The van der Waals surface area contributed by atoms with Crippen LogP contribution in [0.3, 0.4) is 0 Å². The Bertz CT molecular complexity index is 322. The molecule has 0 atom stereocenters. The second kappa shape index (κ2) is 7.43. The van der Waals surface area contributed by atoms with E-state index >= 15 is 0 Å². The minimum Gasteiger partial charge on any atom is -0.330 e. The van der Waals surface area contributed by atoms with Crippen LogP contribution in [-0.2, 0) is 10.0 Å². The van der Waals surface area contributed by atoms with Gasteiger partial charge in [0.05, 0.1) is 5.75 Å². The molecule has 0 aromatic carbocycles. The van der Waals surface area contributed by atoms with Gasteiger partial charge in [0.25, 0.3) is 0 Å². The molecule has 1 saturated heterocycles. The lowest BCUT2D eigenvalue weighted by Gasteiger charge is -2.34. The van der Waals surface area contributed by atoms with Crippen LogP contribution in [0, 0.1) is 5.92 Å². The first-order chi connectivity index (χ1) is 8.45. The minimum absolute atomic E-state index is 0.192. The number of nitrogens with zero attached hydrogens (tertiary/aromatic N) is 2. The molecule has 108 valence electrons. The molecule has 0 unspecified atom stereocenters. The number of unbranched alkanes of at least 4 members (excludes halogenated alkanes) is 1. The lowest BCUT2D eigenvalue weighted by Crippen LogP contribution is -2.49. The highest BCUT2D eigenvalue weighted by atomic mass is 32.2. The highest BCUT2D eigenvalue weighted by Crippen LogP contribution is 2.11. The molecule has 0 aliphatic carbocycles. The lowest BCUT2D eigenvalue weighted by molar-refractivity contribution is 0.185. The van der Waals surface area contributed by atoms with Gasteiger partial charge in [0, 0.05) is 26.2 Å². The number of sulfonamides is 1. The monoisotopic (exact) mass is 277 g/mol. The number of rotatable bonds is 7. The predicted octanol–water partition coefficient (Wildman–Crippen LogP) is 0.329. The van der Waals surface area contributed by atoms with E-state index in [1.807, 2.05) is 13.8 Å². The summed E-state index contributed by atoms with van der Waals surface area (Å²) in [6.45, 7) is 8.64. The molecule has 5 nitrogen and oxygen atoms in total. The molecule has 1 rings (SSSR count). The summed E-state index contributed by atoms with van der Waals surface area (Å²) in [5.74, 6) is 0.456. The van der Waals surface area contributed by atoms with Crippen LogP contribution in [0.2, 0.25) is 0 Å². The predicted molar refractivity (Wildman–Crippen MR) is 74.9 cm³/mol. The summed E-state index contributed by atoms with van der Waals surface area (Å²) in [7, 11) is -3.04. The molecule has 0 saturated carbocycles. The Morgan fingerprint density at radius 3 is 2.22 bits per heavy atom. The van der Waals surface area contributed by atoms with Gasteiger partial charge >= 0.3 is 0 Å². The Kier molecular flexibility index (Phi) is 6.55.